The first-order valence-corrected chi connectivity index (χ1v) is 7.96. The molecule has 5 nitrogen and oxygen atoms in total. The van der Waals surface area contributed by atoms with Crippen molar-refractivity contribution in [3.63, 3.8) is 0 Å². The molecule has 6 heteroatoms. The summed E-state index contributed by atoms with van der Waals surface area (Å²) in [6.45, 7) is 0. The molecule has 0 saturated heterocycles. The van der Waals surface area contributed by atoms with Crippen molar-refractivity contribution in [2.24, 2.45) is 0 Å². The predicted octanol–water partition coefficient (Wildman–Crippen LogP) is 2.83. The number of nitriles is 1. The SMILES string of the molecule is COC(=O)[C@H](Cc1ccccc1Br)NC(=O)c1ccc(C#N)cc1. The van der Waals surface area contributed by atoms with E-state index in [4.69, 9.17) is 10.00 Å². The molecule has 1 N–H and O–H groups in total. The highest BCUT2D eigenvalue weighted by Crippen LogP contribution is 2.18. The first-order chi connectivity index (χ1) is 11.5. The molecule has 0 aromatic heterocycles. The molecule has 0 radical (unpaired) electrons. The molecule has 0 bridgehead atoms. The number of nitrogens with zero attached hydrogens (tertiary/aromatic N) is 1. The quantitative estimate of drug-likeness (QED) is 0.801. The van der Waals surface area contributed by atoms with Crippen LogP contribution in [0.5, 0.6) is 0 Å². The monoisotopic (exact) mass is 386 g/mol. The lowest BCUT2D eigenvalue weighted by molar-refractivity contribution is -0.142. The van der Waals surface area contributed by atoms with Crippen molar-refractivity contribution in [1.29, 1.82) is 5.26 Å². The van der Waals surface area contributed by atoms with Gasteiger partial charge in [-0.3, -0.25) is 4.79 Å². The van der Waals surface area contributed by atoms with E-state index in [0.717, 1.165) is 10.0 Å². The molecule has 0 spiro atoms. The van der Waals surface area contributed by atoms with Gasteiger partial charge in [-0.1, -0.05) is 34.1 Å². The van der Waals surface area contributed by atoms with Crippen molar-refractivity contribution in [3.05, 3.63) is 69.7 Å². The number of hydrogen-bond donors (Lipinski definition) is 1. The van der Waals surface area contributed by atoms with Crippen LogP contribution in [0.15, 0.2) is 53.0 Å². The standard InChI is InChI=1S/C18H15BrN2O3/c1-24-18(23)16(10-14-4-2-3-5-15(14)19)21-17(22)13-8-6-12(11-20)7-9-13/h2-9,16H,10H2,1H3,(H,21,22)/t16-/m0/s1. The first kappa shape index (κ1) is 17.7. The third-order valence-corrected chi connectivity index (χ3v) is 4.22. The number of hydrogen-bond acceptors (Lipinski definition) is 4. The highest BCUT2D eigenvalue weighted by molar-refractivity contribution is 9.10. The molecule has 24 heavy (non-hydrogen) atoms. The highest BCUT2D eigenvalue weighted by Gasteiger charge is 2.23. The van der Waals surface area contributed by atoms with Crippen molar-refractivity contribution in [3.8, 4) is 6.07 Å². The van der Waals surface area contributed by atoms with Gasteiger partial charge in [-0.25, -0.2) is 4.79 Å². The van der Waals surface area contributed by atoms with E-state index < -0.39 is 17.9 Å². The zero-order valence-corrected chi connectivity index (χ0v) is 14.5. The Morgan fingerprint density at radius 1 is 1.21 bits per heavy atom. The van der Waals surface area contributed by atoms with E-state index in [9.17, 15) is 9.59 Å². The summed E-state index contributed by atoms with van der Waals surface area (Å²) in [5.74, 6) is -0.922. The van der Waals surface area contributed by atoms with Crippen molar-refractivity contribution in [1.82, 2.24) is 5.32 Å². The Labute approximate surface area is 148 Å². The molecule has 122 valence electrons. The Hall–Kier alpha value is -2.65. The van der Waals surface area contributed by atoms with Gasteiger partial charge in [0.15, 0.2) is 0 Å². The van der Waals surface area contributed by atoms with Crippen LogP contribution >= 0.6 is 15.9 Å². The molecular weight excluding hydrogens is 372 g/mol. The maximum Gasteiger partial charge on any atom is 0.328 e. The minimum atomic E-state index is -0.808. The summed E-state index contributed by atoms with van der Waals surface area (Å²) in [7, 11) is 1.28. The summed E-state index contributed by atoms with van der Waals surface area (Å²) in [4.78, 5) is 24.3. The molecule has 0 aliphatic rings. The number of ether oxygens (including phenoxy) is 1. The average molecular weight is 387 g/mol. The fourth-order valence-electron chi connectivity index (χ4n) is 2.16. The third kappa shape index (κ3) is 4.43. The predicted molar refractivity (Wildman–Crippen MR) is 92.3 cm³/mol. The smallest absolute Gasteiger partial charge is 0.328 e. The minimum absolute atomic E-state index is 0.302. The van der Waals surface area contributed by atoms with Crippen molar-refractivity contribution >= 4 is 27.8 Å². The van der Waals surface area contributed by atoms with Gasteiger partial charge in [0.25, 0.3) is 5.91 Å². The van der Waals surface area contributed by atoms with Gasteiger partial charge in [-0.2, -0.15) is 5.26 Å². The van der Waals surface area contributed by atoms with Crippen molar-refractivity contribution in [2.75, 3.05) is 7.11 Å². The lowest BCUT2D eigenvalue weighted by atomic mass is 10.1. The summed E-state index contributed by atoms with van der Waals surface area (Å²) < 4.78 is 5.64. The summed E-state index contributed by atoms with van der Waals surface area (Å²) in [5.41, 5.74) is 1.72. The minimum Gasteiger partial charge on any atom is -0.467 e. The summed E-state index contributed by atoms with van der Waals surface area (Å²) in [5, 5.41) is 11.5. The largest absolute Gasteiger partial charge is 0.467 e. The molecule has 0 unspecified atom stereocenters. The Kier molecular flexibility index (Phi) is 6.10. The van der Waals surface area contributed by atoms with Gasteiger partial charge in [0.05, 0.1) is 18.7 Å². The maximum absolute atomic E-state index is 12.3. The number of benzene rings is 2. The second-order valence-corrected chi connectivity index (χ2v) is 5.89. The number of rotatable bonds is 5. The molecular formula is C18H15BrN2O3. The van der Waals surface area contributed by atoms with Crippen molar-refractivity contribution < 1.29 is 14.3 Å². The third-order valence-electron chi connectivity index (χ3n) is 3.45. The number of carbonyl (C=O) groups is 2. The van der Waals surface area contributed by atoms with E-state index >= 15 is 0 Å². The van der Waals surface area contributed by atoms with E-state index in [1.165, 1.54) is 7.11 Å². The van der Waals surface area contributed by atoms with Gasteiger partial charge in [-0.15, -0.1) is 0 Å². The normalized spacial score (nSPS) is 11.2. The van der Waals surface area contributed by atoms with Crippen LogP contribution in [0.25, 0.3) is 0 Å². The molecule has 2 aromatic carbocycles. The Morgan fingerprint density at radius 3 is 2.46 bits per heavy atom. The van der Waals surface area contributed by atoms with E-state index in [1.807, 2.05) is 30.3 Å². The van der Waals surface area contributed by atoms with Crippen LogP contribution in [0, 0.1) is 11.3 Å². The van der Waals surface area contributed by atoms with E-state index in [0.29, 0.717) is 17.5 Å². The number of methoxy groups -OCH3 is 1. The second kappa shape index (κ2) is 8.27. The van der Waals surface area contributed by atoms with E-state index in [1.54, 1.807) is 24.3 Å². The van der Waals surface area contributed by atoms with Gasteiger partial charge >= 0.3 is 5.97 Å². The van der Waals surface area contributed by atoms with E-state index in [2.05, 4.69) is 21.2 Å². The highest BCUT2D eigenvalue weighted by atomic mass is 79.9. The molecule has 0 heterocycles. The number of carbonyl (C=O) groups excluding carboxylic acids is 2. The van der Waals surface area contributed by atoms with Crippen LogP contribution in [0.4, 0.5) is 0 Å². The number of halogens is 1. The molecule has 0 aliphatic carbocycles. The van der Waals surface area contributed by atoms with Crippen LogP contribution in [0.3, 0.4) is 0 Å². The molecule has 0 saturated carbocycles. The zero-order valence-electron chi connectivity index (χ0n) is 13.0. The van der Waals surface area contributed by atoms with Crippen LogP contribution in [-0.2, 0) is 16.0 Å². The Morgan fingerprint density at radius 2 is 1.88 bits per heavy atom. The summed E-state index contributed by atoms with van der Waals surface area (Å²) in [6, 6.07) is 14.8. The van der Waals surface area contributed by atoms with Gasteiger partial charge < -0.3 is 10.1 Å². The van der Waals surface area contributed by atoms with Gasteiger partial charge in [0.2, 0.25) is 0 Å². The van der Waals surface area contributed by atoms with E-state index in [-0.39, 0.29) is 0 Å². The van der Waals surface area contributed by atoms with Crippen LogP contribution in [-0.4, -0.2) is 25.0 Å². The molecule has 2 rings (SSSR count). The number of amides is 1. The van der Waals surface area contributed by atoms with Crippen LogP contribution in [0.1, 0.15) is 21.5 Å². The lowest BCUT2D eigenvalue weighted by Gasteiger charge is -2.17. The topological polar surface area (TPSA) is 79.2 Å². The Balaban J connectivity index is 2.16. The fraction of sp³-hybridized carbons (Fsp3) is 0.167. The lowest BCUT2D eigenvalue weighted by Crippen LogP contribution is -2.43. The van der Waals surface area contributed by atoms with Crippen molar-refractivity contribution in [2.45, 2.75) is 12.5 Å². The zero-order chi connectivity index (χ0) is 17.5. The van der Waals surface area contributed by atoms with Gasteiger partial charge in [0, 0.05) is 16.5 Å². The molecule has 0 fully saturated rings. The van der Waals surface area contributed by atoms with Gasteiger partial charge in [-0.05, 0) is 35.9 Å². The van der Waals surface area contributed by atoms with Crippen LogP contribution in [0.2, 0.25) is 0 Å². The molecule has 1 atom stereocenters. The summed E-state index contributed by atoms with van der Waals surface area (Å²) >= 11 is 3.43. The molecule has 2 aromatic rings. The maximum atomic E-state index is 12.3. The second-order valence-electron chi connectivity index (χ2n) is 5.03. The summed E-state index contributed by atoms with van der Waals surface area (Å²) in [6.07, 6.45) is 0.302. The Bertz CT molecular complexity index is 782. The molecule has 0 aliphatic heterocycles. The van der Waals surface area contributed by atoms with Gasteiger partial charge in [0.1, 0.15) is 6.04 Å². The first-order valence-electron chi connectivity index (χ1n) is 7.17. The molecule has 1 amide bonds. The number of esters is 1. The van der Waals surface area contributed by atoms with Crippen LogP contribution < -0.4 is 5.32 Å². The number of nitrogens with one attached hydrogen (secondary N) is 1. The fourth-order valence-corrected chi connectivity index (χ4v) is 2.60. The average Bonchev–Trinajstić information content (AvgIpc) is 2.62.